The summed E-state index contributed by atoms with van der Waals surface area (Å²) >= 11 is 12.0. The van der Waals surface area contributed by atoms with Crippen molar-refractivity contribution < 1.29 is 9.90 Å². The predicted octanol–water partition coefficient (Wildman–Crippen LogP) is 3.20. The van der Waals surface area contributed by atoms with Crippen molar-refractivity contribution in [1.29, 1.82) is 0 Å². The van der Waals surface area contributed by atoms with Gasteiger partial charge >= 0.3 is 5.97 Å². The number of aromatic carboxylic acids is 1. The smallest absolute Gasteiger partial charge is 0.339 e. The first kappa shape index (κ1) is 12.1. The fraction of sp³-hybridized carbons (Fsp3) is 0.182. The number of pyridine rings is 2. The van der Waals surface area contributed by atoms with E-state index in [0.29, 0.717) is 23.0 Å². The number of aryl methyl sites for hydroxylation is 1. The van der Waals surface area contributed by atoms with E-state index in [0.717, 1.165) is 0 Å². The molecule has 0 aliphatic rings. The lowest BCUT2D eigenvalue weighted by atomic mass is 10.1. The van der Waals surface area contributed by atoms with E-state index in [1.165, 1.54) is 6.20 Å². The van der Waals surface area contributed by atoms with Crippen LogP contribution in [-0.2, 0) is 6.42 Å². The van der Waals surface area contributed by atoms with Crippen LogP contribution in [0, 0.1) is 0 Å². The van der Waals surface area contributed by atoms with E-state index in [2.05, 4.69) is 9.97 Å². The normalized spacial score (nSPS) is 10.8. The lowest BCUT2D eigenvalue weighted by Crippen LogP contribution is -2.06. The van der Waals surface area contributed by atoms with Gasteiger partial charge in [0.2, 0.25) is 0 Å². The molecule has 0 saturated carbocycles. The number of carboxylic acid groups (broad SMARTS) is 1. The Bertz CT molecular complexity index is 614. The second-order valence-corrected chi connectivity index (χ2v) is 4.14. The van der Waals surface area contributed by atoms with Crippen LogP contribution in [0.3, 0.4) is 0 Å². The maximum Gasteiger partial charge on any atom is 0.339 e. The zero-order chi connectivity index (χ0) is 12.6. The van der Waals surface area contributed by atoms with Crippen molar-refractivity contribution in [3.63, 3.8) is 0 Å². The van der Waals surface area contributed by atoms with Crippen molar-refractivity contribution >= 4 is 40.1 Å². The van der Waals surface area contributed by atoms with Crippen molar-refractivity contribution in [3.05, 3.63) is 33.7 Å². The molecule has 0 saturated heterocycles. The fourth-order valence-electron chi connectivity index (χ4n) is 1.64. The number of hydrogen-bond acceptors (Lipinski definition) is 3. The molecule has 0 amide bonds. The van der Waals surface area contributed by atoms with Gasteiger partial charge < -0.3 is 5.11 Å². The summed E-state index contributed by atoms with van der Waals surface area (Å²) in [6.07, 6.45) is 1.93. The number of carbonyl (C=O) groups is 1. The Morgan fingerprint density at radius 2 is 2.18 bits per heavy atom. The summed E-state index contributed by atoms with van der Waals surface area (Å²) in [4.78, 5) is 19.3. The van der Waals surface area contributed by atoms with Gasteiger partial charge in [0.15, 0.2) is 5.15 Å². The Morgan fingerprint density at radius 3 is 2.76 bits per heavy atom. The standard InChI is InChI=1S/C11H8Cl2N2O2/c1-2-6-7(11(16)17)8(12)5-3-4-14-10(13)9(5)15-6/h3-4H,2H2,1H3,(H,16,17). The molecule has 0 aliphatic carbocycles. The third-order valence-electron chi connectivity index (χ3n) is 2.42. The van der Waals surface area contributed by atoms with Crippen LogP contribution < -0.4 is 0 Å². The summed E-state index contributed by atoms with van der Waals surface area (Å²) in [6.45, 7) is 1.81. The summed E-state index contributed by atoms with van der Waals surface area (Å²) in [5.74, 6) is -1.09. The van der Waals surface area contributed by atoms with Crippen LogP contribution in [0.25, 0.3) is 10.9 Å². The Morgan fingerprint density at radius 1 is 1.47 bits per heavy atom. The third kappa shape index (κ3) is 1.94. The molecule has 0 atom stereocenters. The molecule has 88 valence electrons. The SMILES string of the molecule is CCc1nc2c(Cl)nccc2c(Cl)c1C(=O)O. The van der Waals surface area contributed by atoms with E-state index in [-0.39, 0.29) is 15.7 Å². The second kappa shape index (κ2) is 4.47. The third-order valence-corrected chi connectivity index (χ3v) is 3.09. The number of fused-ring (bicyclic) bond motifs is 1. The molecule has 0 aromatic carbocycles. The molecule has 17 heavy (non-hydrogen) atoms. The van der Waals surface area contributed by atoms with Crippen LogP contribution in [0.5, 0.6) is 0 Å². The van der Waals surface area contributed by atoms with E-state index in [1.807, 2.05) is 0 Å². The molecule has 4 nitrogen and oxygen atoms in total. The fourth-order valence-corrected chi connectivity index (χ4v) is 2.18. The highest BCUT2D eigenvalue weighted by atomic mass is 35.5. The molecule has 0 aliphatic heterocycles. The predicted molar refractivity (Wildman–Crippen MR) is 65.9 cm³/mol. The van der Waals surface area contributed by atoms with Gasteiger partial charge in [-0.05, 0) is 12.5 Å². The minimum atomic E-state index is -1.09. The maximum atomic E-state index is 11.2. The second-order valence-electron chi connectivity index (χ2n) is 3.40. The van der Waals surface area contributed by atoms with Gasteiger partial charge in [0.25, 0.3) is 0 Å². The zero-order valence-corrected chi connectivity index (χ0v) is 10.4. The summed E-state index contributed by atoms with van der Waals surface area (Å²) in [7, 11) is 0. The molecule has 2 rings (SSSR count). The van der Waals surface area contributed by atoms with Crippen LogP contribution in [-0.4, -0.2) is 21.0 Å². The van der Waals surface area contributed by atoms with Gasteiger partial charge in [-0.2, -0.15) is 0 Å². The van der Waals surface area contributed by atoms with Crippen molar-refractivity contribution in [3.8, 4) is 0 Å². The van der Waals surface area contributed by atoms with Gasteiger partial charge in [0.05, 0.1) is 10.7 Å². The van der Waals surface area contributed by atoms with Crippen molar-refractivity contribution in [1.82, 2.24) is 9.97 Å². The number of hydrogen-bond donors (Lipinski definition) is 1. The quantitative estimate of drug-likeness (QED) is 0.852. The first-order valence-electron chi connectivity index (χ1n) is 4.92. The molecule has 0 spiro atoms. The number of halogens is 2. The minimum absolute atomic E-state index is 0.0314. The van der Waals surface area contributed by atoms with Crippen LogP contribution in [0.1, 0.15) is 23.0 Å². The van der Waals surface area contributed by atoms with E-state index in [1.54, 1.807) is 13.0 Å². The number of rotatable bonds is 2. The Kier molecular flexibility index (Phi) is 3.17. The van der Waals surface area contributed by atoms with Crippen LogP contribution >= 0.6 is 23.2 Å². The topological polar surface area (TPSA) is 63.1 Å². The van der Waals surface area contributed by atoms with E-state index in [9.17, 15) is 4.79 Å². The Balaban J connectivity index is 2.93. The highest BCUT2D eigenvalue weighted by Gasteiger charge is 2.19. The lowest BCUT2D eigenvalue weighted by molar-refractivity contribution is 0.0695. The molecule has 0 radical (unpaired) electrons. The van der Waals surface area contributed by atoms with Gasteiger partial charge in [0.1, 0.15) is 11.1 Å². The molecule has 0 bridgehead atoms. The van der Waals surface area contributed by atoms with Gasteiger partial charge in [0, 0.05) is 11.6 Å². The Hall–Kier alpha value is -1.39. The molecule has 2 aromatic heterocycles. The average Bonchev–Trinajstić information content (AvgIpc) is 2.29. The van der Waals surface area contributed by atoms with Crippen LogP contribution in [0.2, 0.25) is 10.2 Å². The van der Waals surface area contributed by atoms with Crippen molar-refractivity contribution in [2.24, 2.45) is 0 Å². The first-order chi connectivity index (χ1) is 8.06. The zero-order valence-electron chi connectivity index (χ0n) is 8.87. The number of aromatic nitrogens is 2. The molecule has 0 fully saturated rings. The minimum Gasteiger partial charge on any atom is -0.478 e. The molecule has 2 aromatic rings. The van der Waals surface area contributed by atoms with E-state index in [4.69, 9.17) is 28.3 Å². The highest BCUT2D eigenvalue weighted by molar-refractivity contribution is 6.40. The lowest BCUT2D eigenvalue weighted by Gasteiger charge is -2.09. The molecular weight excluding hydrogens is 263 g/mol. The van der Waals surface area contributed by atoms with Gasteiger partial charge in [-0.15, -0.1) is 0 Å². The molecule has 2 heterocycles. The highest BCUT2D eigenvalue weighted by Crippen LogP contribution is 2.31. The largest absolute Gasteiger partial charge is 0.478 e. The molecular formula is C11H8Cl2N2O2. The van der Waals surface area contributed by atoms with E-state index >= 15 is 0 Å². The summed E-state index contributed by atoms with van der Waals surface area (Å²) in [6, 6.07) is 1.60. The van der Waals surface area contributed by atoms with Crippen LogP contribution in [0.4, 0.5) is 0 Å². The summed E-state index contributed by atoms with van der Waals surface area (Å²) in [5, 5.41) is 10.0. The molecule has 0 unspecified atom stereocenters. The van der Waals surface area contributed by atoms with Crippen molar-refractivity contribution in [2.45, 2.75) is 13.3 Å². The van der Waals surface area contributed by atoms with Gasteiger partial charge in [-0.1, -0.05) is 30.1 Å². The summed E-state index contributed by atoms with van der Waals surface area (Å²) in [5.41, 5.74) is 0.870. The number of carboxylic acids is 1. The molecule has 1 N–H and O–H groups in total. The van der Waals surface area contributed by atoms with E-state index < -0.39 is 5.97 Å². The van der Waals surface area contributed by atoms with Crippen molar-refractivity contribution in [2.75, 3.05) is 0 Å². The molecule has 6 heteroatoms. The maximum absolute atomic E-state index is 11.2. The Labute approximate surface area is 107 Å². The van der Waals surface area contributed by atoms with Gasteiger partial charge in [-0.3, -0.25) is 0 Å². The number of nitrogens with zero attached hydrogens (tertiary/aromatic N) is 2. The monoisotopic (exact) mass is 270 g/mol. The first-order valence-corrected chi connectivity index (χ1v) is 5.67. The van der Waals surface area contributed by atoms with Crippen LogP contribution in [0.15, 0.2) is 12.3 Å². The van der Waals surface area contributed by atoms with Gasteiger partial charge in [-0.25, -0.2) is 14.8 Å². The summed E-state index contributed by atoms with van der Waals surface area (Å²) < 4.78 is 0. The average molecular weight is 271 g/mol.